The molecule has 0 saturated heterocycles. The molecule has 0 aromatic carbocycles. The summed E-state index contributed by atoms with van der Waals surface area (Å²) in [6.45, 7) is 0.680. The zero-order valence-electron chi connectivity index (χ0n) is 8.23. The molecule has 1 aromatic heterocycles. The van der Waals surface area contributed by atoms with E-state index in [9.17, 15) is 0 Å². The van der Waals surface area contributed by atoms with Crippen LogP contribution in [0.2, 0.25) is 5.15 Å². The van der Waals surface area contributed by atoms with Crippen LogP contribution in [-0.2, 0) is 0 Å². The Bertz CT molecular complexity index is 383. The van der Waals surface area contributed by atoms with Crippen LogP contribution in [0.15, 0.2) is 12.4 Å². The first-order chi connectivity index (χ1) is 7.33. The lowest BCUT2D eigenvalue weighted by Crippen LogP contribution is -2.28. The van der Waals surface area contributed by atoms with Gasteiger partial charge in [0.2, 0.25) is 0 Å². The summed E-state index contributed by atoms with van der Waals surface area (Å²) in [7, 11) is 0. The topological polar surface area (TPSA) is 52.8 Å². The molecule has 1 saturated carbocycles. The second-order valence-corrected chi connectivity index (χ2v) is 3.86. The van der Waals surface area contributed by atoms with Crippen molar-refractivity contribution in [3.63, 3.8) is 0 Å². The Kier molecular flexibility index (Phi) is 3.02. The first-order valence-electron chi connectivity index (χ1n) is 4.93. The molecule has 0 aliphatic heterocycles. The minimum Gasteiger partial charge on any atom is -0.350 e. The van der Waals surface area contributed by atoms with Gasteiger partial charge in [0, 0.05) is 25.0 Å². The molecule has 1 aliphatic rings. The van der Waals surface area contributed by atoms with E-state index >= 15 is 0 Å². The number of aromatic nitrogens is 2. The van der Waals surface area contributed by atoms with E-state index in [1.165, 1.54) is 0 Å². The lowest BCUT2D eigenvalue weighted by Gasteiger charge is -2.22. The average molecular weight is 223 g/mol. The maximum Gasteiger partial charge on any atom is 0.171 e. The highest BCUT2D eigenvalue weighted by atomic mass is 35.5. The van der Waals surface area contributed by atoms with Gasteiger partial charge in [-0.1, -0.05) is 11.6 Å². The molecule has 0 spiro atoms. The fourth-order valence-corrected chi connectivity index (χ4v) is 1.74. The highest BCUT2D eigenvalue weighted by Gasteiger charge is 2.30. The zero-order chi connectivity index (χ0) is 10.7. The van der Waals surface area contributed by atoms with Crippen LogP contribution in [-0.4, -0.2) is 22.6 Å². The summed E-state index contributed by atoms with van der Waals surface area (Å²) in [6.07, 6.45) is 5.99. The van der Waals surface area contributed by atoms with Crippen molar-refractivity contribution in [2.75, 3.05) is 11.4 Å². The summed E-state index contributed by atoms with van der Waals surface area (Å²) in [6, 6.07) is 2.63. The molecule has 1 heterocycles. The van der Waals surface area contributed by atoms with Gasteiger partial charge < -0.3 is 4.90 Å². The standard InChI is InChI=1S/C10H11ClN4/c11-9-10(14-6-5-13-9)15(7-1-4-12)8-2-3-8/h5-6,8H,1-3,7H2. The predicted octanol–water partition coefficient (Wildman–Crippen LogP) is 2.01. The number of nitrogens with zero attached hydrogens (tertiary/aromatic N) is 4. The van der Waals surface area contributed by atoms with Gasteiger partial charge >= 0.3 is 0 Å². The summed E-state index contributed by atoms with van der Waals surface area (Å²) in [5.41, 5.74) is 0. The summed E-state index contributed by atoms with van der Waals surface area (Å²) >= 11 is 5.97. The first kappa shape index (κ1) is 10.2. The van der Waals surface area contributed by atoms with Gasteiger partial charge in [-0.15, -0.1) is 0 Å². The molecule has 0 unspecified atom stereocenters. The van der Waals surface area contributed by atoms with Crippen LogP contribution >= 0.6 is 11.6 Å². The van der Waals surface area contributed by atoms with Gasteiger partial charge in [0.05, 0.1) is 12.5 Å². The number of halogens is 1. The largest absolute Gasteiger partial charge is 0.350 e. The van der Waals surface area contributed by atoms with Crippen molar-refractivity contribution in [2.24, 2.45) is 0 Å². The summed E-state index contributed by atoms with van der Waals surface area (Å²) in [5.74, 6) is 0.705. The molecule has 1 fully saturated rings. The number of hydrogen-bond donors (Lipinski definition) is 0. The van der Waals surface area contributed by atoms with E-state index in [1.54, 1.807) is 12.4 Å². The van der Waals surface area contributed by atoms with E-state index in [4.69, 9.17) is 16.9 Å². The third-order valence-electron chi connectivity index (χ3n) is 2.36. The molecule has 1 aromatic rings. The van der Waals surface area contributed by atoms with Gasteiger partial charge in [-0.2, -0.15) is 5.26 Å². The Morgan fingerprint density at radius 2 is 2.20 bits per heavy atom. The van der Waals surface area contributed by atoms with Crippen molar-refractivity contribution >= 4 is 17.4 Å². The highest BCUT2D eigenvalue weighted by molar-refractivity contribution is 6.31. The minimum atomic E-state index is 0.419. The van der Waals surface area contributed by atoms with E-state index in [1.807, 2.05) is 0 Å². The van der Waals surface area contributed by atoms with Crippen molar-refractivity contribution in [3.8, 4) is 6.07 Å². The van der Waals surface area contributed by atoms with Gasteiger partial charge in [0.15, 0.2) is 11.0 Å². The number of anilines is 1. The maximum atomic E-state index is 8.59. The quantitative estimate of drug-likeness (QED) is 0.782. The van der Waals surface area contributed by atoms with Crippen molar-refractivity contribution in [1.29, 1.82) is 5.26 Å². The van der Waals surface area contributed by atoms with Crippen LogP contribution in [0.4, 0.5) is 5.82 Å². The average Bonchev–Trinajstić information content (AvgIpc) is 3.05. The molecule has 0 radical (unpaired) electrons. The third kappa shape index (κ3) is 2.37. The molecule has 0 bridgehead atoms. The Hall–Kier alpha value is -1.34. The van der Waals surface area contributed by atoms with E-state index in [2.05, 4.69) is 20.9 Å². The van der Waals surface area contributed by atoms with E-state index in [-0.39, 0.29) is 0 Å². The molecule has 78 valence electrons. The van der Waals surface area contributed by atoms with Gasteiger partial charge in [-0.05, 0) is 12.8 Å². The maximum absolute atomic E-state index is 8.59. The molecule has 0 N–H and O–H groups in total. The van der Waals surface area contributed by atoms with Gasteiger partial charge in [-0.25, -0.2) is 9.97 Å². The number of nitriles is 1. The molecular formula is C10H11ClN4. The monoisotopic (exact) mass is 222 g/mol. The Morgan fingerprint density at radius 1 is 1.47 bits per heavy atom. The van der Waals surface area contributed by atoms with E-state index in [0.29, 0.717) is 30.0 Å². The summed E-state index contributed by atoms with van der Waals surface area (Å²) < 4.78 is 0. The molecule has 15 heavy (non-hydrogen) atoms. The van der Waals surface area contributed by atoms with Gasteiger partial charge in [-0.3, -0.25) is 0 Å². The Morgan fingerprint density at radius 3 is 2.80 bits per heavy atom. The van der Waals surface area contributed by atoms with Crippen LogP contribution < -0.4 is 4.90 Å². The minimum absolute atomic E-state index is 0.419. The predicted molar refractivity (Wildman–Crippen MR) is 57.6 cm³/mol. The fraction of sp³-hybridized carbons (Fsp3) is 0.500. The van der Waals surface area contributed by atoms with Crippen molar-refractivity contribution in [1.82, 2.24) is 9.97 Å². The smallest absolute Gasteiger partial charge is 0.171 e. The number of rotatable bonds is 4. The lowest BCUT2D eigenvalue weighted by atomic mass is 10.4. The second-order valence-electron chi connectivity index (χ2n) is 3.50. The molecule has 1 aliphatic carbocycles. The van der Waals surface area contributed by atoms with Crippen molar-refractivity contribution in [2.45, 2.75) is 25.3 Å². The van der Waals surface area contributed by atoms with Crippen LogP contribution in [0.1, 0.15) is 19.3 Å². The normalized spacial score (nSPS) is 14.7. The molecular weight excluding hydrogens is 212 g/mol. The molecule has 4 nitrogen and oxygen atoms in total. The lowest BCUT2D eigenvalue weighted by molar-refractivity contribution is 0.774. The van der Waals surface area contributed by atoms with Gasteiger partial charge in [0.1, 0.15) is 0 Å². The Balaban J connectivity index is 2.17. The second kappa shape index (κ2) is 4.45. The molecule has 2 rings (SSSR count). The van der Waals surface area contributed by atoms with E-state index < -0.39 is 0 Å². The fourth-order valence-electron chi connectivity index (χ4n) is 1.52. The van der Waals surface area contributed by atoms with Crippen LogP contribution in [0, 0.1) is 11.3 Å². The third-order valence-corrected chi connectivity index (χ3v) is 2.63. The highest BCUT2D eigenvalue weighted by Crippen LogP contribution is 2.33. The summed E-state index contributed by atoms with van der Waals surface area (Å²) in [5, 5.41) is 9.01. The number of hydrogen-bond acceptors (Lipinski definition) is 4. The van der Waals surface area contributed by atoms with Crippen LogP contribution in [0.5, 0.6) is 0 Å². The van der Waals surface area contributed by atoms with Crippen molar-refractivity contribution in [3.05, 3.63) is 17.5 Å². The molecule has 0 amide bonds. The molecule has 5 heteroatoms. The van der Waals surface area contributed by atoms with E-state index in [0.717, 1.165) is 12.8 Å². The molecule has 0 atom stereocenters. The van der Waals surface area contributed by atoms with Gasteiger partial charge in [0.25, 0.3) is 0 Å². The first-order valence-corrected chi connectivity index (χ1v) is 5.31. The van der Waals surface area contributed by atoms with Crippen molar-refractivity contribution < 1.29 is 0 Å². The SMILES string of the molecule is N#CCCN(c1nccnc1Cl)C1CC1. The Labute approximate surface area is 93.5 Å². The van der Waals surface area contributed by atoms with Crippen LogP contribution in [0.25, 0.3) is 0 Å². The van der Waals surface area contributed by atoms with Crippen LogP contribution in [0.3, 0.4) is 0 Å². The summed E-state index contributed by atoms with van der Waals surface area (Å²) in [4.78, 5) is 10.3. The zero-order valence-corrected chi connectivity index (χ0v) is 8.98.